The Bertz CT molecular complexity index is 589. The van der Waals surface area contributed by atoms with Gasteiger partial charge in [-0.1, -0.05) is 41.9 Å². The van der Waals surface area contributed by atoms with Crippen LogP contribution in [0.2, 0.25) is 5.02 Å². The third-order valence-corrected chi connectivity index (χ3v) is 4.71. The molecule has 0 amide bonds. The van der Waals surface area contributed by atoms with Crippen molar-refractivity contribution in [3.8, 4) is 0 Å². The van der Waals surface area contributed by atoms with Crippen LogP contribution in [0.15, 0.2) is 53.0 Å². The van der Waals surface area contributed by atoms with Crippen LogP contribution in [0.4, 0.5) is 5.69 Å². The van der Waals surface area contributed by atoms with Gasteiger partial charge in [0.25, 0.3) is 0 Å². The molecule has 2 nitrogen and oxygen atoms in total. The molecule has 0 saturated carbocycles. The van der Waals surface area contributed by atoms with E-state index in [2.05, 4.69) is 52.3 Å². The zero-order chi connectivity index (χ0) is 15.2. The molecule has 2 aromatic rings. The second kappa shape index (κ2) is 7.83. The minimum absolute atomic E-state index is 0.291. The summed E-state index contributed by atoms with van der Waals surface area (Å²) in [5, 5.41) is 4.27. The third-order valence-electron chi connectivity index (χ3n) is 3.67. The first-order valence-electron chi connectivity index (χ1n) is 7.02. The molecule has 0 aliphatic carbocycles. The highest BCUT2D eigenvalue weighted by Gasteiger charge is 2.13. The average Bonchev–Trinajstić information content (AvgIpc) is 2.49. The molecule has 0 aliphatic rings. The summed E-state index contributed by atoms with van der Waals surface area (Å²) in [7, 11) is 2.12. The predicted molar refractivity (Wildman–Crippen MR) is 95.1 cm³/mol. The van der Waals surface area contributed by atoms with Crippen LogP contribution in [0.3, 0.4) is 0 Å². The van der Waals surface area contributed by atoms with Gasteiger partial charge in [-0.15, -0.1) is 0 Å². The summed E-state index contributed by atoms with van der Waals surface area (Å²) in [5.74, 6) is 0. The topological polar surface area (TPSA) is 15.3 Å². The minimum atomic E-state index is 0.291. The third kappa shape index (κ3) is 4.47. The fraction of sp³-hybridized carbons (Fsp3) is 0.294. The van der Waals surface area contributed by atoms with Crippen LogP contribution >= 0.6 is 27.5 Å². The average molecular weight is 368 g/mol. The first-order valence-corrected chi connectivity index (χ1v) is 8.19. The van der Waals surface area contributed by atoms with Gasteiger partial charge < -0.3 is 5.32 Å². The van der Waals surface area contributed by atoms with E-state index in [4.69, 9.17) is 11.6 Å². The van der Waals surface area contributed by atoms with Gasteiger partial charge >= 0.3 is 0 Å². The molecule has 1 atom stereocenters. The van der Waals surface area contributed by atoms with Gasteiger partial charge in [-0.25, -0.2) is 0 Å². The molecule has 0 saturated heterocycles. The van der Waals surface area contributed by atoms with Crippen LogP contribution in [-0.4, -0.2) is 25.0 Å². The molecule has 0 heterocycles. The Morgan fingerprint density at radius 1 is 1.14 bits per heavy atom. The van der Waals surface area contributed by atoms with E-state index in [0.717, 1.165) is 28.3 Å². The van der Waals surface area contributed by atoms with E-state index in [0.29, 0.717) is 6.04 Å². The van der Waals surface area contributed by atoms with Crippen LogP contribution in [0, 0.1) is 0 Å². The molecule has 0 fully saturated rings. The summed E-state index contributed by atoms with van der Waals surface area (Å²) in [6, 6.07) is 16.5. The van der Waals surface area contributed by atoms with E-state index in [1.165, 1.54) is 5.56 Å². The Kier molecular flexibility index (Phi) is 6.09. The Morgan fingerprint density at radius 2 is 1.81 bits per heavy atom. The smallest absolute Gasteiger partial charge is 0.0485 e. The van der Waals surface area contributed by atoms with Crippen LogP contribution in [-0.2, 0) is 0 Å². The van der Waals surface area contributed by atoms with Crippen molar-refractivity contribution in [1.29, 1.82) is 0 Å². The van der Waals surface area contributed by atoms with Crippen molar-refractivity contribution in [2.24, 2.45) is 0 Å². The monoisotopic (exact) mass is 366 g/mol. The number of anilines is 1. The van der Waals surface area contributed by atoms with Crippen molar-refractivity contribution >= 4 is 33.2 Å². The normalized spacial score (nSPS) is 12.4. The number of likely N-dealkylation sites (N-methyl/N-ethyl adjacent to an activating group) is 1. The molecule has 0 spiro atoms. The van der Waals surface area contributed by atoms with Gasteiger partial charge in [0.2, 0.25) is 0 Å². The molecule has 1 unspecified atom stereocenters. The SMILES string of the molecule is CC(c1ccccc1Cl)N(C)CCNc1ccccc1Br. The fourth-order valence-corrected chi connectivity index (χ4v) is 2.94. The van der Waals surface area contributed by atoms with Gasteiger partial charge in [-0.3, -0.25) is 4.90 Å². The molecule has 0 aliphatic heterocycles. The summed E-state index contributed by atoms with van der Waals surface area (Å²) in [5.41, 5.74) is 2.29. The van der Waals surface area contributed by atoms with Crippen LogP contribution in [0.5, 0.6) is 0 Å². The Hall–Kier alpha value is -1.03. The summed E-state index contributed by atoms with van der Waals surface area (Å²) in [4.78, 5) is 2.30. The standard InChI is InChI=1S/C17H20BrClN2/c1-13(14-7-3-5-9-16(14)19)21(2)12-11-20-17-10-6-4-8-15(17)18/h3-10,13,20H,11-12H2,1-2H3. The lowest BCUT2D eigenvalue weighted by Crippen LogP contribution is -2.28. The van der Waals surface area contributed by atoms with E-state index in [9.17, 15) is 0 Å². The van der Waals surface area contributed by atoms with Crippen LogP contribution in [0.1, 0.15) is 18.5 Å². The van der Waals surface area contributed by atoms with Crippen molar-refractivity contribution in [2.45, 2.75) is 13.0 Å². The molecule has 2 rings (SSSR count). The van der Waals surface area contributed by atoms with E-state index in [1.807, 2.05) is 36.4 Å². The number of nitrogens with zero attached hydrogens (tertiary/aromatic N) is 1. The van der Waals surface area contributed by atoms with Gasteiger partial charge in [0.15, 0.2) is 0 Å². The summed E-state index contributed by atoms with van der Waals surface area (Å²) in [6.07, 6.45) is 0. The second-order valence-corrected chi connectivity index (χ2v) is 6.35. The van der Waals surface area contributed by atoms with Crippen molar-refractivity contribution in [3.63, 3.8) is 0 Å². The molecule has 21 heavy (non-hydrogen) atoms. The number of para-hydroxylation sites is 1. The number of hydrogen-bond acceptors (Lipinski definition) is 2. The zero-order valence-electron chi connectivity index (χ0n) is 12.3. The van der Waals surface area contributed by atoms with E-state index >= 15 is 0 Å². The predicted octanol–water partition coefficient (Wildman–Crippen LogP) is 5.21. The maximum Gasteiger partial charge on any atom is 0.0485 e. The van der Waals surface area contributed by atoms with E-state index < -0.39 is 0 Å². The van der Waals surface area contributed by atoms with Crippen molar-refractivity contribution < 1.29 is 0 Å². The van der Waals surface area contributed by atoms with Crippen LogP contribution in [0.25, 0.3) is 0 Å². The summed E-state index contributed by atoms with van der Waals surface area (Å²) in [6.45, 7) is 4.00. The van der Waals surface area contributed by atoms with Gasteiger partial charge in [-0.2, -0.15) is 0 Å². The highest BCUT2D eigenvalue weighted by Crippen LogP contribution is 2.26. The molecule has 1 N–H and O–H groups in total. The molecular formula is C17H20BrClN2. The minimum Gasteiger partial charge on any atom is -0.383 e. The lowest BCUT2D eigenvalue weighted by atomic mass is 10.1. The quantitative estimate of drug-likeness (QED) is 0.754. The fourth-order valence-electron chi connectivity index (χ4n) is 2.22. The van der Waals surface area contributed by atoms with Gasteiger partial charge in [0, 0.05) is 34.3 Å². The Morgan fingerprint density at radius 3 is 2.52 bits per heavy atom. The lowest BCUT2D eigenvalue weighted by Gasteiger charge is -2.26. The number of rotatable bonds is 6. The van der Waals surface area contributed by atoms with Gasteiger partial charge in [0.05, 0.1) is 0 Å². The lowest BCUT2D eigenvalue weighted by molar-refractivity contribution is 0.272. The maximum atomic E-state index is 6.27. The Labute approximate surface area is 140 Å². The van der Waals surface area contributed by atoms with Gasteiger partial charge in [0.1, 0.15) is 0 Å². The molecule has 0 bridgehead atoms. The molecular weight excluding hydrogens is 348 g/mol. The molecule has 0 aromatic heterocycles. The highest BCUT2D eigenvalue weighted by atomic mass is 79.9. The molecule has 4 heteroatoms. The summed E-state index contributed by atoms with van der Waals surface area (Å²) < 4.78 is 1.09. The van der Waals surface area contributed by atoms with Crippen molar-refractivity contribution in [2.75, 3.05) is 25.5 Å². The number of halogens is 2. The van der Waals surface area contributed by atoms with Crippen molar-refractivity contribution in [1.82, 2.24) is 4.90 Å². The summed E-state index contributed by atoms with van der Waals surface area (Å²) >= 11 is 9.81. The van der Waals surface area contributed by atoms with Crippen molar-refractivity contribution in [3.05, 3.63) is 63.6 Å². The number of hydrogen-bond donors (Lipinski definition) is 1. The number of nitrogens with one attached hydrogen (secondary N) is 1. The first kappa shape index (κ1) is 16.3. The maximum absolute atomic E-state index is 6.27. The molecule has 112 valence electrons. The highest BCUT2D eigenvalue weighted by molar-refractivity contribution is 9.10. The molecule has 0 radical (unpaired) electrons. The Balaban J connectivity index is 1.89. The zero-order valence-corrected chi connectivity index (χ0v) is 14.7. The second-order valence-electron chi connectivity index (χ2n) is 5.08. The van der Waals surface area contributed by atoms with E-state index in [-0.39, 0.29) is 0 Å². The first-order chi connectivity index (χ1) is 10.1. The van der Waals surface area contributed by atoms with Gasteiger partial charge in [-0.05, 0) is 53.7 Å². The van der Waals surface area contributed by atoms with Crippen LogP contribution < -0.4 is 5.32 Å². The molecule has 2 aromatic carbocycles. The van der Waals surface area contributed by atoms with E-state index in [1.54, 1.807) is 0 Å². The largest absolute Gasteiger partial charge is 0.383 e. The number of benzene rings is 2.